The predicted molar refractivity (Wildman–Crippen MR) is 62.2 cm³/mol. The number of hydrogen-bond donors (Lipinski definition) is 1. The van der Waals surface area contributed by atoms with Gasteiger partial charge in [0.25, 0.3) is 0 Å². The summed E-state index contributed by atoms with van der Waals surface area (Å²) in [5, 5.41) is 0.395. The van der Waals surface area contributed by atoms with E-state index in [4.69, 9.17) is 23.8 Å². The van der Waals surface area contributed by atoms with Gasteiger partial charge in [-0.05, 0) is 22.9 Å². The molecule has 0 aliphatic carbocycles. The van der Waals surface area contributed by atoms with Gasteiger partial charge < -0.3 is 4.98 Å². The zero-order valence-corrected chi connectivity index (χ0v) is 10.3. The van der Waals surface area contributed by atoms with Crippen molar-refractivity contribution in [1.82, 2.24) is 15.0 Å². The topological polar surface area (TPSA) is 41.6 Å². The molecule has 0 aliphatic heterocycles. The smallest absolute Gasteiger partial charge is 0.156 e. The van der Waals surface area contributed by atoms with Crippen LogP contribution in [0.4, 0.5) is 0 Å². The average molecular weight is 291 g/mol. The van der Waals surface area contributed by atoms with Crippen LogP contribution in [0, 0.1) is 11.4 Å². The summed E-state index contributed by atoms with van der Waals surface area (Å²) in [7, 11) is 0. The van der Waals surface area contributed by atoms with E-state index in [9.17, 15) is 0 Å². The molecule has 1 N–H and O–H groups in total. The van der Waals surface area contributed by atoms with Crippen molar-refractivity contribution in [1.29, 1.82) is 0 Å². The van der Waals surface area contributed by atoms with Crippen LogP contribution in [0.25, 0.3) is 11.0 Å². The zero-order chi connectivity index (χ0) is 10.3. The second kappa shape index (κ2) is 3.56. The third kappa shape index (κ3) is 1.55. The van der Waals surface area contributed by atoms with Crippen molar-refractivity contribution in [2.24, 2.45) is 0 Å². The monoisotopic (exact) mass is 289 g/mol. The Bertz CT molecular complexity index is 566. The van der Waals surface area contributed by atoms with Crippen molar-refractivity contribution in [2.45, 2.75) is 6.92 Å². The molecule has 72 valence electrons. The van der Waals surface area contributed by atoms with E-state index in [0.29, 0.717) is 26.5 Å². The number of rotatable bonds is 0. The number of nitrogens with zero attached hydrogens (tertiary/aromatic N) is 2. The van der Waals surface area contributed by atoms with Crippen molar-refractivity contribution >= 4 is 50.8 Å². The van der Waals surface area contributed by atoms with Crippen LogP contribution in [0.3, 0.4) is 0 Å². The second-order valence-electron chi connectivity index (χ2n) is 2.75. The van der Waals surface area contributed by atoms with Gasteiger partial charge in [-0.1, -0.05) is 23.8 Å². The van der Waals surface area contributed by atoms with Gasteiger partial charge in [-0.2, -0.15) is 0 Å². The molecule has 2 heterocycles. The van der Waals surface area contributed by atoms with E-state index in [-0.39, 0.29) is 0 Å². The molecule has 0 atom stereocenters. The lowest BCUT2D eigenvalue weighted by Crippen LogP contribution is -1.93. The molecule has 0 aliphatic rings. The van der Waals surface area contributed by atoms with Crippen molar-refractivity contribution in [3.05, 3.63) is 26.2 Å². The van der Waals surface area contributed by atoms with Crippen LogP contribution in [0.5, 0.6) is 0 Å². The minimum atomic E-state index is 0.395. The fourth-order valence-corrected chi connectivity index (χ4v) is 1.92. The third-order valence-corrected chi connectivity index (χ3v) is 3.33. The van der Waals surface area contributed by atoms with Gasteiger partial charge >= 0.3 is 0 Å². The Labute approximate surface area is 98.7 Å². The molecule has 2 rings (SSSR count). The molecule has 0 spiro atoms. The third-order valence-electron chi connectivity index (χ3n) is 1.75. The SMILES string of the molecule is Cc1nc(Cl)c2[nH]cc(Br)c(=S)c2n1. The van der Waals surface area contributed by atoms with E-state index in [2.05, 4.69) is 30.9 Å². The fraction of sp³-hybridized carbons (Fsp3) is 0.125. The molecule has 2 aromatic rings. The molecule has 0 bridgehead atoms. The summed E-state index contributed by atoms with van der Waals surface area (Å²) in [6.07, 6.45) is 1.73. The first kappa shape index (κ1) is 10.0. The molecule has 3 nitrogen and oxygen atoms in total. The summed E-state index contributed by atoms with van der Waals surface area (Å²) in [5.74, 6) is 0.611. The van der Waals surface area contributed by atoms with Gasteiger partial charge in [0.05, 0.1) is 8.98 Å². The fourth-order valence-electron chi connectivity index (χ4n) is 1.14. The Morgan fingerprint density at radius 1 is 1.50 bits per heavy atom. The van der Waals surface area contributed by atoms with Gasteiger partial charge in [-0.3, -0.25) is 0 Å². The van der Waals surface area contributed by atoms with Crippen LogP contribution in [0.15, 0.2) is 10.7 Å². The molecular formula is C8H5BrClN3S. The molecule has 2 aromatic heterocycles. The van der Waals surface area contributed by atoms with Crippen molar-refractivity contribution in [2.75, 3.05) is 0 Å². The molecule has 6 heteroatoms. The summed E-state index contributed by atoms with van der Waals surface area (Å²) in [6.45, 7) is 1.78. The summed E-state index contributed by atoms with van der Waals surface area (Å²) < 4.78 is 1.44. The lowest BCUT2D eigenvalue weighted by Gasteiger charge is -2.02. The maximum absolute atomic E-state index is 5.94. The van der Waals surface area contributed by atoms with Gasteiger partial charge in [-0.15, -0.1) is 0 Å². The molecule has 0 fully saturated rings. The molecule has 14 heavy (non-hydrogen) atoms. The summed E-state index contributed by atoms with van der Waals surface area (Å²) in [5.41, 5.74) is 1.34. The van der Waals surface area contributed by atoms with Crippen LogP contribution in [0.1, 0.15) is 5.82 Å². The highest BCUT2D eigenvalue weighted by atomic mass is 79.9. The molecule has 0 unspecified atom stereocenters. The minimum Gasteiger partial charge on any atom is -0.356 e. The van der Waals surface area contributed by atoms with E-state index in [1.807, 2.05) is 0 Å². The lowest BCUT2D eigenvalue weighted by molar-refractivity contribution is 1.08. The van der Waals surface area contributed by atoms with Gasteiger partial charge in [0, 0.05) is 6.20 Å². The Morgan fingerprint density at radius 3 is 2.93 bits per heavy atom. The zero-order valence-electron chi connectivity index (χ0n) is 7.14. The number of aromatic amines is 1. The van der Waals surface area contributed by atoms with E-state index in [1.165, 1.54) is 0 Å². The van der Waals surface area contributed by atoms with Crippen molar-refractivity contribution < 1.29 is 0 Å². The number of hydrogen-bond acceptors (Lipinski definition) is 3. The Kier molecular flexibility index (Phi) is 2.55. The number of fused-ring (bicyclic) bond motifs is 1. The van der Waals surface area contributed by atoms with Crippen LogP contribution in [-0.2, 0) is 0 Å². The number of halogens is 2. The Hall–Kier alpha value is -0.520. The minimum absolute atomic E-state index is 0.395. The van der Waals surface area contributed by atoms with Crippen LogP contribution >= 0.6 is 39.7 Å². The first-order valence-corrected chi connectivity index (χ1v) is 5.38. The molecule has 0 radical (unpaired) electrons. The largest absolute Gasteiger partial charge is 0.356 e. The summed E-state index contributed by atoms with van der Waals surface area (Å²) in [4.78, 5) is 11.3. The number of H-pyrrole nitrogens is 1. The maximum Gasteiger partial charge on any atom is 0.156 e. The van der Waals surface area contributed by atoms with Crippen molar-refractivity contribution in [3.8, 4) is 0 Å². The van der Waals surface area contributed by atoms with Gasteiger partial charge in [0.2, 0.25) is 0 Å². The van der Waals surface area contributed by atoms with Gasteiger partial charge in [-0.25, -0.2) is 9.97 Å². The molecule has 0 amide bonds. The normalized spacial score (nSPS) is 10.8. The average Bonchev–Trinajstić information content (AvgIpc) is 2.12. The molecule has 0 aromatic carbocycles. The van der Waals surface area contributed by atoms with E-state index in [1.54, 1.807) is 13.1 Å². The first-order chi connectivity index (χ1) is 6.59. The quantitative estimate of drug-likeness (QED) is 0.597. The Morgan fingerprint density at radius 2 is 2.21 bits per heavy atom. The Balaban J connectivity index is 3.03. The lowest BCUT2D eigenvalue weighted by atomic mass is 10.3. The highest BCUT2D eigenvalue weighted by molar-refractivity contribution is 9.10. The number of aryl methyl sites for hydroxylation is 1. The van der Waals surface area contributed by atoms with Crippen LogP contribution in [-0.4, -0.2) is 15.0 Å². The van der Waals surface area contributed by atoms with Crippen molar-refractivity contribution in [3.63, 3.8) is 0 Å². The van der Waals surface area contributed by atoms with E-state index < -0.39 is 0 Å². The summed E-state index contributed by atoms with van der Waals surface area (Å²) >= 11 is 14.5. The van der Waals surface area contributed by atoms with E-state index >= 15 is 0 Å². The first-order valence-electron chi connectivity index (χ1n) is 3.80. The molecule has 0 saturated heterocycles. The second-order valence-corrected chi connectivity index (χ2v) is 4.37. The number of pyridine rings is 1. The van der Waals surface area contributed by atoms with Crippen LogP contribution in [0.2, 0.25) is 5.15 Å². The molecular weight excluding hydrogens is 286 g/mol. The standard InChI is InChI=1S/C8H5BrClN3S/c1-3-12-5-6(8(10)13-3)11-2-4(9)7(5)14/h2H,1H3,(H,11,14). The predicted octanol–water partition coefficient (Wildman–Crippen LogP) is 3.41. The highest BCUT2D eigenvalue weighted by Gasteiger charge is 2.06. The van der Waals surface area contributed by atoms with E-state index in [0.717, 1.165) is 4.47 Å². The number of nitrogens with one attached hydrogen (secondary N) is 1. The number of aromatic nitrogens is 3. The van der Waals surface area contributed by atoms with Gasteiger partial charge in [0.15, 0.2) is 5.15 Å². The maximum atomic E-state index is 5.94. The van der Waals surface area contributed by atoms with Gasteiger partial charge in [0.1, 0.15) is 16.9 Å². The summed E-state index contributed by atoms with van der Waals surface area (Å²) in [6, 6.07) is 0. The highest BCUT2D eigenvalue weighted by Crippen LogP contribution is 2.22. The van der Waals surface area contributed by atoms with Crippen LogP contribution < -0.4 is 0 Å². The molecule has 0 saturated carbocycles.